The molecule has 4 rings (SSSR count). The van der Waals surface area contributed by atoms with Crippen LogP contribution in [0.3, 0.4) is 0 Å². The molecule has 0 radical (unpaired) electrons. The largest absolute Gasteiger partial charge is 0.493 e. The van der Waals surface area contributed by atoms with Crippen molar-refractivity contribution in [2.24, 2.45) is 0 Å². The third-order valence-corrected chi connectivity index (χ3v) is 6.91. The number of fused-ring (bicyclic) bond motifs is 1. The predicted molar refractivity (Wildman–Crippen MR) is 139 cm³/mol. The fourth-order valence-electron chi connectivity index (χ4n) is 4.46. The van der Waals surface area contributed by atoms with Crippen LogP contribution < -0.4 is 24.3 Å². The second-order valence-electron chi connectivity index (χ2n) is 8.76. The summed E-state index contributed by atoms with van der Waals surface area (Å²) in [7, 11) is 1.64. The molecule has 2 N–H and O–H groups in total. The lowest BCUT2D eigenvalue weighted by atomic mass is 9.96. The molecule has 1 fully saturated rings. The van der Waals surface area contributed by atoms with Crippen molar-refractivity contribution in [1.29, 1.82) is 0 Å². The summed E-state index contributed by atoms with van der Waals surface area (Å²) in [5.74, 6) is 2.58. The average molecular weight is 557 g/mol. The minimum atomic E-state index is -0.807. The number of rotatable bonds is 8. The number of halogens is 2. The monoisotopic (exact) mass is 555 g/mol. The zero-order valence-corrected chi connectivity index (χ0v) is 22.1. The Hall–Kier alpha value is -1.67. The molecule has 1 atom stereocenters. The Balaban J connectivity index is 0.00000324. The van der Waals surface area contributed by atoms with Crippen molar-refractivity contribution in [2.45, 2.75) is 63.6 Å². The first-order valence-corrected chi connectivity index (χ1v) is 12.7. The van der Waals surface area contributed by atoms with Crippen LogP contribution in [0.1, 0.15) is 62.2 Å². The Morgan fingerprint density at radius 2 is 1.74 bits per heavy atom. The van der Waals surface area contributed by atoms with E-state index in [0.717, 1.165) is 16.6 Å². The summed E-state index contributed by atoms with van der Waals surface area (Å²) in [6, 6.07) is 10.1. The van der Waals surface area contributed by atoms with E-state index in [2.05, 4.69) is 27.3 Å². The first-order chi connectivity index (χ1) is 16.1. The van der Waals surface area contributed by atoms with Gasteiger partial charge in [-0.1, -0.05) is 38.2 Å². The molecule has 1 saturated carbocycles. The van der Waals surface area contributed by atoms with Gasteiger partial charge in [0.25, 0.3) is 0 Å². The number of ether oxygens (including phenoxy) is 4. The van der Waals surface area contributed by atoms with Crippen LogP contribution in [0, 0.1) is 0 Å². The van der Waals surface area contributed by atoms with Gasteiger partial charge < -0.3 is 29.4 Å². The standard InChI is InChI=1S/C26H34BrNO5.ClH/c1-30-25-14-18(16-28-20-7-5-3-2-4-6-8-20)13-21(27)26(25)33-17-22(29)19-9-10-23-24(15-19)32-12-11-31-23;/h9-10,13-15,20,22,28-29H,2-8,11-12,16-17H2,1H3;1H. The number of hydrogen-bond donors (Lipinski definition) is 2. The molecule has 34 heavy (non-hydrogen) atoms. The van der Waals surface area contributed by atoms with Crippen LogP contribution in [0.4, 0.5) is 0 Å². The molecule has 1 aliphatic carbocycles. The minimum absolute atomic E-state index is 0. The third kappa shape index (κ3) is 7.17. The lowest BCUT2D eigenvalue weighted by molar-refractivity contribution is 0.105. The molecule has 8 heteroatoms. The van der Waals surface area contributed by atoms with E-state index < -0.39 is 6.10 Å². The van der Waals surface area contributed by atoms with Crippen molar-refractivity contribution in [3.63, 3.8) is 0 Å². The Kier molecular flexibility index (Phi) is 10.6. The topological polar surface area (TPSA) is 69.2 Å². The third-order valence-electron chi connectivity index (χ3n) is 6.33. The molecule has 1 heterocycles. The van der Waals surface area contributed by atoms with E-state index in [-0.39, 0.29) is 19.0 Å². The molecule has 2 aromatic carbocycles. The predicted octanol–water partition coefficient (Wildman–Crippen LogP) is 5.97. The van der Waals surface area contributed by atoms with Gasteiger partial charge in [-0.05, 0) is 64.2 Å². The van der Waals surface area contributed by atoms with E-state index in [0.29, 0.717) is 47.8 Å². The Bertz CT molecular complexity index is 920. The average Bonchev–Trinajstić information content (AvgIpc) is 2.81. The van der Waals surface area contributed by atoms with Crippen molar-refractivity contribution >= 4 is 28.3 Å². The molecule has 2 aliphatic rings. The quantitative estimate of drug-likeness (QED) is 0.418. The molecule has 2 aromatic rings. The second kappa shape index (κ2) is 13.4. The SMILES string of the molecule is COc1cc(CNC2CCCCCCC2)cc(Br)c1OCC(O)c1ccc2c(c1)OCCO2.Cl. The summed E-state index contributed by atoms with van der Waals surface area (Å²) >= 11 is 3.63. The first-order valence-electron chi connectivity index (χ1n) is 11.9. The maximum atomic E-state index is 10.7. The van der Waals surface area contributed by atoms with Gasteiger partial charge in [0, 0.05) is 12.6 Å². The van der Waals surface area contributed by atoms with Gasteiger partial charge in [-0.25, -0.2) is 0 Å². The molecule has 0 aromatic heterocycles. The van der Waals surface area contributed by atoms with Crippen LogP contribution in [-0.4, -0.2) is 38.1 Å². The highest BCUT2D eigenvalue weighted by Gasteiger charge is 2.19. The fraction of sp³-hybridized carbons (Fsp3) is 0.538. The molecule has 0 bridgehead atoms. The molecule has 6 nitrogen and oxygen atoms in total. The summed E-state index contributed by atoms with van der Waals surface area (Å²) in [4.78, 5) is 0. The van der Waals surface area contributed by atoms with E-state index in [1.54, 1.807) is 13.2 Å². The Morgan fingerprint density at radius 3 is 2.47 bits per heavy atom. The summed E-state index contributed by atoms with van der Waals surface area (Å²) in [5, 5.41) is 14.4. The normalized spacial score (nSPS) is 17.1. The van der Waals surface area contributed by atoms with Crippen LogP contribution in [0.25, 0.3) is 0 Å². The van der Waals surface area contributed by atoms with Gasteiger partial charge in [0.15, 0.2) is 23.0 Å². The zero-order chi connectivity index (χ0) is 23.0. The number of aliphatic hydroxyl groups excluding tert-OH is 1. The van der Waals surface area contributed by atoms with E-state index in [1.807, 2.05) is 18.2 Å². The van der Waals surface area contributed by atoms with Gasteiger partial charge in [0.2, 0.25) is 0 Å². The zero-order valence-electron chi connectivity index (χ0n) is 19.7. The summed E-state index contributed by atoms with van der Waals surface area (Å²) in [6.07, 6.45) is 8.38. The summed E-state index contributed by atoms with van der Waals surface area (Å²) in [5.41, 5.74) is 1.86. The van der Waals surface area contributed by atoms with Gasteiger partial charge in [0.1, 0.15) is 25.9 Å². The lowest BCUT2D eigenvalue weighted by Gasteiger charge is -2.22. The molecule has 0 amide bonds. The molecular formula is C26H35BrClNO5. The number of hydrogen-bond acceptors (Lipinski definition) is 6. The van der Waals surface area contributed by atoms with Crippen molar-refractivity contribution < 1.29 is 24.1 Å². The van der Waals surface area contributed by atoms with Gasteiger partial charge in [0.05, 0.1) is 11.6 Å². The van der Waals surface area contributed by atoms with Gasteiger partial charge >= 0.3 is 0 Å². The van der Waals surface area contributed by atoms with Crippen LogP contribution in [0.2, 0.25) is 0 Å². The van der Waals surface area contributed by atoms with Crippen molar-refractivity contribution in [3.05, 3.63) is 45.9 Å². The Labute approximate surface area is 216 Å². The van der Waals surface area contributed by atoms with Crippen LogP contribution in [-0.2, 0) is 6.54 Å². The maximum Gasteiger partial charge on any atom is 0.175 e. The van der Waals surface area contributed by atoms with E-state index in [1.165, 1.54) is 44.9 Å². The maximum absolute atomic E-state index is 10.7. The van der Waals surface area contributed by atoms with Crippen LogP contribution >= 0.6 is 28.3 Å². The van der Waals surface area contributed by atoms with Crippen molar-refractivity contribution in [2.75, 3.05) is 26.9 Å². The van der Waals surface area contributed by atoms with E-state index in [9.17, 15) is 5.11 Å². The number of methoxy groups -OCH3 is 1. The van der Waals surface area contributed by atoms with Crippen molar-refractivity contribution in [3.8, 4) is 23.0 Å². The highest BCUT2D eigenvalue weighted by Crippen LogP contribution is 2.38. The van der Waals surface area contributed by atoms with Gasteiger partial charge in [-0.3, -0.25) is 0 Å². The number of aliphatic hydroxyl groups is 1. The molecule has 0 saturated heterocycles. The minimum Gasteiger partial charge on any atom is -0.493 e. The molecule has 0 spiro atoms. The van der Waals surface area contributed by atoms with Crippen LogP contribution in [0.5, 0.6) is 23.0 Å². The summed E-state index contributed by atoms with van der Waals surface area (Å²) < 4.78 is 23.6. The molecular weight excluding hydrogens is 522 g/mol. The van der Waals surface area contributed by atoms with Gasteiger partial charge in [-0.15, -0.1) is 12.4 Å². The van der Waals surface area contributed by atoms with E-state index >= 15 is 0 Å². The first kappa shape index (κ1) is 26.9. The number of nitrogens with one attached hydrogen (secondary N) is 1. The highest BCUT2D eigenvalue weighted by molar-refractivity contribution is 9.10. The number of benzene rings is 2. The highest BCUT2D eigenvalue weighted by atomic mass is 79.9. The second-order valence-corrected chi connectivity index (χ2v) is 9.62. The smallest absolute Gasteiger partial charge is 0.175 e. The van der Waals surface area contributed by atoms with Crippen LogP contribution in [0.15, 0.2) is 34.8 Å². The Morgan fingerprint density at radius 1 is 1.03 bits per heavy atom. The van der Waals surface area contributed by atoms with E-state index in [4.69, 9.17) is 18.9 Å². The summed E-state index contributed by atoms with van der Waals surface area (Å²) in [6.45, 7) is 1.93. The molecule has 188 valence electrons. The molecule has 1 aliphatic heterocycles. The van der Waals surface area contributed by atoms with Gasteiger partial charge in [-0.2, -0.15) is 0 Å². The fourth-order valence-corrected chi connectivity index (χ4v) is 5.07. The molecule has 1 unspecified atom stereocenters. The lowest BCUT2D eigenvalue weighted by Crippen LogP contribution is -2.29. The van der Waals surface area contributed by atoms with Crippen molar-refractivity contribution in [1.82, 2.24) is 5.32 Å².